The third-order valence-corrected chi connectivity index (χ3v) is 8.41. The number of carbonyl (C=O) groups excluding carboxylic acids is 3. The second-order valence-electron chi connectivity index (χ2n) is 11.5. The molecule has 3 atom stereocenters. The second-order valence-corrected chi connectivity index (χ2v) is 11.5. The van der Waals surface area contributed by atoms with Crippen LogP contribution in [0.25, 0.3) is 0 Å². The molecule has 1 aromatic rings. The average molecular weight is 550 g/mol. The van der Waals surface area contributed by atoms with Crippen LogP contribution in [0, 0.1) is 5.92 Å². The van der Waals surface area contributed by atoms with Gasteiger partial charge in [0.1, 0.15) is 0 Å². The van der Waals surface area contributed by atoms with Crippen molar-refractivity contribution in [3.05, 3.63) is 59.2 Å². The monoisotopic (exact) mass is 549 g/mol. The Labute approximate surface area is 237 Å². The van der Waals surface area contributed by atoms with E-state index in [9.17, 15) is 24.6 Å². The summed E-state index contributed by atoms with van der Waals surface area (Å²) in [4.78, 5) is 43.7. The minimum Gasteiger partial charge on any atom is -0.394 e. The Bertz CT molecular complexity index is 1230. The largest absolute Gasteiger partial charge is 0.394 e. The number of benzene rings is 1. The van der Waals surface area contributed by atoms with Crippen LogP contribution in [-0.2, 0) is 20.0 Å². The molecule has 0 aliphatic carbocycles. The maximum Gasteiger partial charge on any atom is 0.264 e. The molecular formula is C32H43N3O5. The summed E-state index contributed by atoms with van der Waals surface area (Å²) < 4.78 is 0. The molecule has 0 aromatic heterocycles. The molecule has 2 N–H and O–H groups in total. The predicted octanol–water partition coefficient (Wildman–Crippen LogP) is 4.22. The van der Waals surface area contributed by atoms with Crippen LogP contribution in [0.5, 0.6) is 0 Å². The van der Waals surface area contributed by atoms with Gasteiger partial charge in [-0.1, -0.05) is 42.4 Å². The smallest absolute Gasteiger partial charge is 0.264 e. The van der Waals surface area contributed by atoms with E-state index >= 15 is 0 Å². The molecule has 2 saturated heterocycles. The lowest BCUT2D eigenvalue weighted by molar-refractivity contribution is -0.139. The maximum absolute atomic E-state index is 13.9. The van der Waals surface area contributed by atoms with Crippen LogP contribution in [0.1, 0.15) is 71.8 Å². The molecule has 3 heterocycles. The Morgan fingerprint density at radius 2 is 1.95 bits per heavy atom. The zero-order valence-electron chi connectivity index (χ0n) is 24.2. The van der Waals surface area contributed by atoms with Crippen molar-refractivity contribution in [3.63, 3.8) is 0 Å². The Morgan fingerprint density at radius 1 is 1.18 bits per heavy atom. The summed E-state index contributed by atoms with van der Waals surface area (Å²) in [6, 6.07) is 5.28. The minimum absolute atomic E-state index is 0.0224. The van der Waals surface area contributed by atoms with Crippen molar-refractivity contribution in [2.75, 3.05) is 36.0 Å². The number of likely N-dealkylation sites (tertiary alicyclic amines) is 1. The van der Waals surface area contributed by atoms with Gasteiger partial charge in [0, 0.05) is 49.6 Å². The minimum atomic E-state index is -1.83. The summed E-state index contributed by atoms with van der Waals surface area (Å²) in [5.74, 6) is -1.08. The standard InChI is InChI=1S/C32H43N3O5/c1-22(2)8-5-9-23(3)15-18-35-28-14-13-25(34-19-16-30(34)38)20-27(28)32(40,31(35)39)24(4)10-6-12-29(37)33-17-7-11-26(33)21-36/h6,8,10,13-15,20,24,26,36,40H,5,7,9,11-12,16-19,21H2,1-4H3/b10-6+,23-15+/t24-,26+,32+/m1/s1. The molecule has 0 radical (unpaired) electrons. The molecule has 1 aromatic carbocycles. The quantitative estimate of drug-likeness (QED) is 0.318. The van der Waals surface area contributed by atoms with Crippen LogP contribution < -0.4 is 9.80 Å². The van der Waals surface area contributed by atoms with Gasteiger partial charge in [-0.2, -0.15) is 0 Å². The molecule has 8 nitrogen and oxygen atoms in total. The van der Waals surface area contributed by atoms with Gasteiger partial charge >= 0.3 is 0 Å². The Morgan fingerprint density at radius 3 is 2.60 bits per heavy atom. The third-order valence-electron chi connectivity index (χ3n) is 8.41. The molecule has 216 valence electrons. The highest BCUT2D eigenvalue weighted by atomic mass is 16.3. The molecule has 0 unspecified atom stereocenters. The summed E-state index contributed by atoms with van der Waals surface area (Å²) in [6.45, 7) is 9.52. The Kier molecular flexibility index (Phi) is 9.31. The second kappa shape index (κ2) is 12.5. The fraction of sp³-hybridized carbons (Fsp3) is 0.531. The maximum atomic E-state index is 13.9. The van der Waals surface area contributed by atoms with Crippen molar-refractivity contribution in [2.24, 2.45) is 5.92 Å². The normalized spacial score (nSPS) is 23.6. The zero-order valence-corrected chi connectivity index (χ0v) is 24.2. The first-order valence-electron chi connectivity index (χ1n) is 14.4. The van der Waals surface area contributed by atoms with Crippen molar-refractivity contribution < 1.29 is 24.6 Å². The van der Waals surface area contributed by atoms with E-state index in [0.29, 0.717) is 43.0 Å². The lowest BCUT2D eigenvalue weighted by Gasteiger charge is -2.32. The van der Waals surface area contributed by atoms with Crippen molar-refractivity contribution in [2.45, 2.75) is 77.9 Å². The molecule has 3 amide bonds. The number of amides is 3. The number of aliphatic hydroxyl groups excluding tert-OH is 1. The fourth-order valence-electron chi connectivity index (χ4n) is 5.79. The first-order chi connectivity index (χ1) is 19.1. The van der Waals surface area contributed by atoms with Crippen molar-refractivity contribution in [3.8, 4) is 0 Å². The van der Waals surface area contributed by atoms with E-state index in [-0.39, 0.29) is 30.9 Å². The summed E-state index contributed by atoms with van der Waals surface area (Å²) in [7, 11) is 0. The number of fused-ring (bicyclic) bond motifs is 1. The number of hydrogen-bond donors (Lipinski definition) is 2. The summed E-state index contributed by atoms with van der Waals surface area (Å²) in [5, 5.41) is 21.6. The van der Waals surface area contributed by atoms with Gasteiger partial charge in [0.15, 0.2) is 5.60 Å². The lowest BCUT2D eigenvalue weighted by atomic mass is 9.82. The summed E-state index contributed by atoms with van der Waals surface area (Å²) >= 11 is 0. The molecular weight excluding hydrogens is 506 g/mol. The van der Waals surface area contributed by atoms with Crippen LogP contribution in [0.4, 0.5) is 11.4 Å². The molecule has 40 heavy (non-hydrogen) atoms. The number of allylic oxidation sites excluding steroid dienone is 3. The molecule has 8 heteroatoms. The molecule has 4 rings (SSSR count). The molecule has 2 fully saturated rings. The van der Waals surface area contributed by atoms with Crippen LogP contribution >= 0.6 is 0 Å². The van der Waals surface area contributed by atoms with Gasteiger partial charge < -0.3 is 24.9 Å². The van der Waals surface area contributed by atoms with Crippen LogP contribution in [0.3, 0.4) is 0 Å². The molecule has 3 aliphatic heterocycles. The molecule has 0 spiro atoms. The SMILES string of the molecule is CC(C)=CCC/C(C)=C/CN1C(=O)[C@](O)([C@H](C)/C=C/CC(=O)N2CCC[C@H]2CO)c2cc(N3CCC3=O)ccc21. The number of nitrogens with zero attached hydrogens (tertiary/aromatic N) is 3. The molecule has 0 bridgehead atoms. The highest BCUT2D eigenvalue weighted by Crippen LogP contribution is 2.47. The van der Waals surface area contributed by atoms with Gasteiger partial charge in [0.05, 0.1) is 18.3 Å². The van der Waals surface area contributed by atoms with Crippen molar-refractivity contribution in [1.82, 2.24) is 4.90 Å². The van der Waals surface area contributed by atoms with E-state index in [1.54, 1.807) is 39.8 Å². The highest BCUT2D eigenvalue weighted by Gasteiger charge is 2.52. The number of rotatable bonds is 11. The topological polar surface area (TPSA) is 101 Å². The number of carbonyl (C=O) groups is 3. The van der Waals surface area contributed by atoms with E-state index in [2.05, 4.69) is 26.8 Å². The number of hydrogen-bond acceptors (Lipinski definition) is 5. The van der Waals surface area contributed by atoms with Crippen LogP contribution in [-0.4, -0.2) is 65.1 Å². The predicted molar refractivity (Wildman–Crippen MR) is 157 cm³/mol. The first kappa shape index (κ1) is 29.7. The van der Waals surface area contributed by atoms with Gasteiger partial charge in [0.2, 0.25) is 11.8 Å². The van der Waals surface area contributed by atoms with E-state index in [1.165, 1.54) is 11.1 Å². The summed E-state index contributed by atoms with van der Waals surface area (Å²) in [5.41, 5.74) is 2.40. The lowest BCUT2D eigenvalue weighted by Crippen LogP contribution is -2.45. The van der Waals surface area contributed by atoms with Crippen LogP contribution in [0.2, 0.25) is 0 Å². The Balaban J connectivity index is 1.57. The van der Waals surface area contributed by atoms with Crippen molar-refractivity contribution >= 4 is 29.1 Å². The first-order valence-corrected chi connectivity index (χ1v) is 14.4. The van der Waals surface area contributed by atoms with E-state index in [1.807, 2.05) is 18.2 Å². The molecule has 3 aliphatic rings. The van der Waals surface area contributed by atoms with Gasteiger partial charge in [-0.3, -0.25) is 14.4 Å². The number of aliphatic hydroxyl groups is 2. The van der Waals surface area contributed by atoms with Gasteiger partial charge in [-0.05, 0) is 64.7 Å². The van der Waals surface area contributed by atoms with Crippen LogP contribution in [0.15, 0.2) is 53.6 Å². The van der Waals surface area contributed by atoms with E-state index in [4.69, 9.17) is 0 Å². The van der Waals surface area contributed by atoms with Crippen molar-refractivity contribution in [1.29, 1.82) is 0 Å². The van der Waals surface area contributed by atoms with Gasteiger partial charge in [-0.25, -0.2) is 0 Å². The van der Waals surface area contributed by atoms with E-state index < -0.39 is 17.4 Å². The highest BCUT2D eigenvalue weighted by molar-refractivity contribution is 6.08. The number of β-lactam (4-membered cyclic amide) rings is 1. The van der Waals surface area contributed by atoms with E-state index in [0.717, 1.165) is 25.7 Å². The fourth-order valence-corrected chi connectivity index (χ4v) is 5.79. The average Bonchev–Trinajstić information content (AvgIpc) is 3.48. The summed E-state index contributed by atoms with van der Waals surface area (Å²) in [6.07, 6.45) is 11.8. The van der Waals surface area contributed by atoms with Gasteiger partial charge in [0.25, 0.3) is 5.91 Å². The zero-order chi connectivity index (χ0) is 29.0. The number of anilines is 2. The van der Waals surface area contributed by atoms with Gasteiger partial charge in [-0.15, -0.1) is 0 Å². The third kappa shape index (κ3) is 5.93. The molecule has 0 saturated carbocycles. The Hall–Kier alpha value is -3.23.